The van der Waals surface area contributed by atoms with Crippen LogP contribution in [0.5, 0.6) is 11.5 Å². The fraction of sp³-hybridized carbons (Fsp3) is 0.235. The Bertz CT molecular complexity index is 717. The van der Waals surface area contributed by atoms with E-state index in [4.69, 9.17) is 9.47 Å². The first-order valence-electron chi connectivity index (χ1n) is 7.44. The largest absolute Gasteiger partial charge is 0.493 e. The van der Waals surface area contributed by atoms with Gasteiger partial charge in [-0.3, -0.25) is 10.1 Å². The fourth-order valence-electron chi connectivity index (χ4n) is 2.10. The zero-order valence-electron chi connectivity index (χ0n) is 13.6. The highest BCUT2D eigenvalue weighted by atomic mass is 16.6. The molecular formula is C17H19N3O4. The third-order valence-corrected chi connectivity index (χ3v) is 3.23. The number of ether oxygens (including phenoxy) is 2. The third kappa shape index (κ3) is 4.45. The minimum atomic E-state index is -0.475. The molecule has 2 rings (SSSR count). The summed E-state index contributed by atoms with van der Waals surface area (Å²) >= 11 is 0. The summed E-state index contributed by atoms with van der Waals surface area (Å²) in [6, 6.07) is 12.6. The van der Waals surface area contributed by atoms with E-state index in [1.54, 1.807) is 6.07 Å². The Hall–Kier alpha value is -3.09. The molecule has 0 heterocycles. The molecule has 2 aromatic rings. The van der Waals surface area contributed by atoms with Crippen molar-refractivity contribution in [1.82, 2.24) is 5.43 Å². The summed E-state index contributed by atoms with van der Waals surface area (Å²) in [4.78, 5) is 10.8. The standard InChI is InChI=1S/C17H19N3O4/c1-3-24-17-9-14(15(20(21)22)10-16(17)23-2)12-19-18-11-13-7-5-4-6-8-13/h4-10,12,18H,3,11H2,1-2H3. The first-order valence-corrected chi connectivity index (χ1v) is 7.44. The molecule has 1 N–H and O–H groups in total. The quantitative estimate of drug-likeness (QED) is 0.457. The first-order chi connectivity index (χ1) is 11.7. The molecule has 0 radical (unpaired) electrons. The molecule has 0 saturated heterocycles. The van der Waals surface area contributed by atoms with Crippen molar-refractivity contribution in [3.8, 4) is 11.5 Å². The van der Waals surface area contributed by atoms with Gasteiger partial charge in [0.25, 0.3) is 5.69 Å². The Morgan fingerprint density at radius 2 is 2.00 bits per heavy atom. The van der Waals surface area contributed by atoms with Crippen molar-refractivity contribution in [2.45, 2.75) is 13.5 Å². The van der Waals surface area contributed by atoms with E-state index in [1.807, 2.05) is 37.3 Å². The van der Waals surface area contributed by atoms with Gasteiger partial charge in [0.15, 0.2) is 11.5 Å². The van der Waals surface area contributed by atoms with E-state index in [9.17, 15) is 10.1 Å². The number of rotatable bonds is 8. The Labute approximate surface area is 140 Å². The van der Waals surface area contributed by atoms with Crippen LogP contribution in [0.25, 0.3) is 0 Å². The topological polar surface area (TPSA) is 86.0 Å². The van der Waals surface area contributed by atoms with Gasteiger partial charge in [-0.15, -0.1) is 0 Å². The number of hydrogen-bond acceptors (Lipinski definition) is 6. The summed E-state index contributed by atoms with van der Waals surface area (Å²) in [5, 5.41) is 15.3. The van der Waals surface area contributed by atoms with Crippen LogP contribution in [0.15, 0.2) is 47.6 Å². The second kappa shape index (κ2) is 8.52. The van der Waals surface area contributed by atoms with Crippen LogP contribution in [-0.2, 0) is 6.54 Å². The number of nitrogens with one attached hydrogen (secondary N) is 1. The molecule has 126 valence electrons. The number of nitro groups is 1. The first kappa shape index (κ1) is 17.3. The number of methoxy groups -OCH3 is 1. The average Bonchev–Trinajstić information content (AvgIpc) is 2.59. The Balaban J connectivity index is 2.18. The van der Waals surface area contributed by atoms with Crippen LogP contribution in [0.2, 0.25) is 0 Å². The third-order valence-electron chi connectivity index (χ3n) is 3.23. The predicted octanol–water partition coefficient (Wildman–Crippen LogP) is 3.13. The Morgan fingerprint density at radius 3 is 2.62 bits per heavy atom. The molecule has 7 heteroatoms. The number of benzene rings is 2. The fourth-order valence-corrected chi connectivity index (χ4v) is 2.10. The lowest BCUT2D eigenvalue weighted by atomic mass is 10.1. The van der Waals surface area contributed by atoms with Crippen LogP contribution in [0.3, 0.4) is 0 Å². The lowest BCUT2D eigenvalue weighted by Gasteiger charge is -2.10. The minimum absolute atomic E-state index is 0.0967. The SMILES string of the molecule is CCOc1cc(C=NNCc2ccccc2)c([N+](=O)[O-])cc1OC. The maximum absolute atomic E-state index is 11.2. The molecule has 0 amide bonds. The van der Waals surface area contributed by atoms with E-state index in [-0.39, 0.29) is 5.69 Å². The zero-order chi connectivity index (χ0) is 17.4. The predicted molar refractivity (Wildman–Crippen MR) is 91.7 cm³/mol. The van der Waals surface area contributed by atoms with Gasteiger partial charge in [-0.05, 0) is 18.6 Å². The summed E-state index contributed by atoms with van der Waals surface area (Å²) in [6.45, 7) is 2.78. The van der Waals surface area contributed by atoms with Crippen LogP contribution in [0.1, 0.15) is 18.1 Å². The van der Waals surface area contributed by atoms with Gasteiger partial charge in [-0.1, -0.05) is 30.3 Å². The molecule has 0 saturated carbocycles. The lowest BCUT2D eigenvalue weighted by Crippen LogP contribution is -2.06. The van der Waals surface area contributed by atoms with E-state index in [1.165, 1.54) is 19.4 Å². The van der Waals surface area contributed by atoms with Gasteiger partial charge in [0.2, 0.25) is 0 Å². The molecule has 0 spiro atoms. The second-order valence-electron chi connectivity index (χ2n) is 4.83. The second-order valence-corrected chi connectivity index (χ2v) is 4.83. The van der Waals surface area contributed by atoms with Gasteiger partial charge in [-0.25, -0.2) is 0 Å². The minimum Gasteiger partial charge on any atom is -0.493 e. The van der Waals surface area contributed by atoms with Gasteiger partial charge in [0, 0.05) is 0 Å². The molecule has 0 bridgehead atoms. The van der Waals surface area contributed by atoms with Crippen molar-refractivity contribution in [1.29, 1.82) is 0 Å². The van der Waals surface area contributed by atoms with Crippen molar-refractivity contribution >= 4 is 11.9 Å². The van der Waals surface area contributed by atoms with E-state index in [2.05, 4.69) is 10.5 Å². The van der Waals surface area contributed by atoms with E-state index < -0.39 is 4.92 Å². The van der Waals surface area contributed by atoms with Crippen LogP contribution in [0, 0.1) is 10.1 Å². The number of hydrazone groups is 1. The zero-order valence-corrected chi connectivity index (χ0v) is 13.6. The molecule has 0 unspecified atom stereocenters. The highest BCUT2D eigenvalue weighted by Crippen LogP contribution is 2.33. The van der Waals surface area contributed by atoms with Crippen LogP contribution < -0.4 is 14.9 Å². The summed E-state index contributed by atoms with van der Waals surface area (Å²) in [7, 11) is 1.44. The van der Waals surface area contributed by atoms with Crippen molar-refractivity contribution in [3.05, 3.63) is 63.7 Å². The van der Waals surface area contributed by atoms with Gasteiger partial charge in [0.1, 0.15) is 0 Å². The molecule has 0 atom stereocenters. The van der Waals surface area contributed by atoms with Crippen LogP contribution in [0.4, 0.5) is 5.69 Å². The summed E-state index contributed by atoms with van der Waals surface area (Å²) in [5.74, 6) is 0.757. The van der Waals surface area contributed by atoms with Crippen molar-refractivity contribution in [2.75, 3.05) is 13.7 Å². The van der Waals surface area contributed by atoms with Crippen molar-refractivity contribution < 1.29 is 14.4 Å². The molecule has 0 aliphatic carbocycles. The summed E-state index contributed by atoms with van der Waals surface area (Å²) < 4.78 is 10.6. The number of hydrogen-bond donors (Lipinski definition) is 1. The van der Waals surface area contributed by atoms with Crippen molar-refractivity contribution in [3.63, 3.8) is 0 Å². The molecule has 0 fully saturated rings. The molecule has 24 heavy (non-hydrogen) atoms. The smallest absolute Gasteiger partial charge is 0.282 e. The van der Waals surface area contributed by atoms with Gasteiger partial charge < -0.3 is 14.9 Å². The molecule has 2 aromatic carbocycles. The molecule has 0 aliphatic rings. The van der Waals surface area contributed by atoms with Gasteiger partial charge >= 0.3 is 0 Å². The summed E-state index contributed by atoms with van der Waals surface area (Å²) in [5.41, 5.74) is 4.18. The maximum atomic E-state index is 11.2. The number of nitro benzene ring substituents is 1. The Morgan fingerprint density at radius 1 is 1.25 bits per heavy atom. The average molecular weight is 329 g/mol. The molecule has 7 nitrogen and oxygen atoms in total. The molecule has 0 aromatic heterocycles. The molecular weight excluding hydrogens is 310 g/mol. The van der Waals surface area contributed by atoms with Crippen LogP contribution in [-0.4, -0.2) is 24.9 Å². The van der Waals surface area contributed by atoms with Crippen molar-refractivity contribution in [2.24, 2.45) is 5.10 Å². The highest BCUT2D eigenvalue weighted by Gasteiger charge is 2.18. The van der Waals surface area contributed by atoms with Gasteiger partial charge in [0.05, 0.1) is 43.0 Å². The van der Waals surface area contributed by atoms with Gasteiger partial charge in [-0.2, -0.15) is 5.10 Å². The number of nitrogens with zero attached hydrogens (tertiary/aromatic N) is 2. The lowest BCUT2D eigenvalue weighted by molar-refractivity contribution is -0.385. The molecule has 0 aliphatic heterocycles. The maximum Gasteiger partial charge on any atom is 0.282 e. The van der Waals surface area contributed by atoms with E-state index in [0.29, 0.717) is 30.2 Å². The van der Waals surface area contributed by atoms with E-state index in [0.717, 1.165) is 5.56 Å². The summed E-state index contributed by atoms with van der Waals surface area (Å²) in [6.07, 6.45) is 1.41. The van der Waals surface area contributed by atoms with Crippen LogP contribution >= 0.6 is 0 Å². The highest BCUT2D eigenvalue weighted by molar-refractivity contribution is 5.86. The Kier molecular flexibility index (Phi) is 6.13. The normalized spacial score (nSPS) is 10.6. The monoisotopic (exact) mass is 329 g/mol. The van der Waals surface area contributed by atoms with E-state index >= 15 is 0 Å².